The van der Waals surface area contributed by atoms with Crippen LogP contribution in [0.4, 0.5) is 0 Å². The third-order valence-corrected chi connectivity index (χ3v) is 4.63. The number of carbonyl (C=O) groups is 1. The van der Waals surface area contributed by atoms with Crippen LogP contribution in [0.2, 0.25) is 0 Å². The Morgan fingerprint density at radius 2 is 2.07 bits per heavy atom. The molecule has 0 aliphatic carbocycles. The van der Waals surface area contributed by atoms with Gasteiger partial charge in [-0.05, 0) is 31.5 Å². The van der Waals surface area contributed by atoms with E-state index in [0.29, 0.717) is 22.5 Å². The SMILES string of the molecule is CCCc1cc(C(=O)OCc2nnc3n(C)c(=O)c4cc(C)ccc4n23)n[nH]1. The molecular weight excluding hydrogens is 360 g/mol. The highest BCUT2D eigenvalue weighted by atomic mass is 16.5. The van der Waals surface area contributed by atoms with E-state index in [4.69, 9.17) is 4.74 Å². The number of H-pyrrole nitrogens is 1. The van der Waals surface area contributed by atoms with Crippen LogP contribution in [0.1, 0.15) is 40.9 Å². The van der Waals surface area contributed by atoms with Crippen LogP contribution in [-0.2, 0) is 24.8 Å². The maximum Gasteiger partial charge on any atom is 0.359 e. The Bertz CT molecular complexity index is 1250. The molecule has 4 aromatic rings. The Labute approximate surface area is 160 Å². The van der Waals surface area contributed by atoms with Crippen molar-refractivity contribution in [3.05, 3.63) is 57.4 Å². The van der Waals surface area contributed by atoms with Gasteiger partial charge in [0.1, 0.15) is 0 Å². The molecule has 0 radical (unpaired) electrons. The lowest BCUT2D eigenvalue weighted by Crippen LogP contribution is -2.20. The standard InChI is InChI=1S/C19H20N6O3/c1-4-5-12-9-14(21-20-12)18(27)28-10-16-22-23-19-24(3)17(26)13-8-11(2)6-7-15(13)25(16)19/h6-9H,4-5,10H2,1-3H3,(H,20,21). The van der Waals surface area contributed by atoms with E-state index in [1.807, 2.05) is 32.0 Å². The van der Waals surface area contributed by atoms with Crippen molar-refractivity contribution in [3.8, 4) is 0 Å². The fourth-order valence-corrected chi connectivity index (χ4v) is 3.22. The molecule has 9 nitrogen and oxygen atoms in total. The number of hydrogen-bond donors (Lipinski definition) is 1. The maximum absolute atomic E-state index is 12.6. The van der Waals surface area contributed by atoms with E-state index in [-0.39, 0.29) is 17.9 Å². The van der Waals surface area contributed by atoms with E-state index in [1.54, 1.807) is 17.5 Å². The summed E-state index contributed by atoms with van der Waals surface area (Å²) in [5, 5.41) is 15.6. The van der Waals surface area contributed by atoms with Crippen LogP contribution < -0.4 is 5.56 Å². The Kier molecular flexibility index (Phi) is 4.42. The summed E-state index contributed by atoms with van der Waals surface area (Å²) in [6.45, 7) is 3.89. The molecule has 3 heterocycles. The molecule has 0 aliphatic rings. The van der Waals surface area contributed by atoms with Crippen molar-refractivity contribution < 1.29 is 9.53 Å². The van der Waals surface area contributed by atoms with Gasteiger partial charge >= 0.3 is 5.97 Å². The predicted molar refractivity (Wildman–Crippen MR) is 102 cm³/mol. The van der Waals surface area contributed by atoms with Gasteiger partial charge in [-0.2, -0.15) is 5.10 Å². The average molecular weight is 380 g/mol. The summed E-state index contributed by atoms with van der Waals surface area (Å²) in [6.07, 6.45) is 1.77. The van der Waals surface area contributed by atoms with E-state index in [2.05, 4.69) is 20.4 Å². The molecule has 1 aromatic carbocycles. The largest absolute Gasteiger partial charge is 0.453 e. The minimum Gasteiger partial charge on any atom is -0.453 e. The van der Waals surface area contributed by atoms with Crippen molar-refractivity contribution in [2.24, 2.45) is 7.05 Å². The number of aromatic amines is 1. The van der Waals surface area contributed by atoms with E-state index in [1.165, 1.54) is 4.57 Å². The first-order valence-electron chi connectivity index (χ1n) is 9.04. The summed E-state index contributed by atoms with van der Waals surface area (Å²) in [4.78, 5) is 24.9. The fraction of sp³-hybridized carbons (Fsp3) is 0.316. The number of carbonyl (C=O) groups excluding carboxylic acids is 1. The van der Waals surface area contributed by atoms with Gasteiger partial charge < -0.3 is 4.74 Å². The lowest BCUT2D eigenvalue weighted by molar-refractivity contribution is 0.0454. The summed E-state index contributed by atoms with van der Waals surface area (Å²) < 4.78 is 8.55. The van der Waals surface area contributed by atoms with Crippen molar-refractivity contribution in [2.75, 3.05) is 0 Å². The molecule has 0 saturated heterocycles. The smallest absolute Gasteiger partial charge is 0.359 e. The first kappa shape index (κ1) is 17.9. The van der Waals surface area contributed by atoms with Gasteiger partial charge in [0.05, 0.1) is 10.9 Å². The van der Waals surface area contributed by atoms with Crippen LogP contribution in [0, 0.1) is 6.92 Å². The lowest BCUT2D eigenvalue weighted by atomic mass is 10.1. The molecule has 9 heteroatoms. The minimum atomic E-state index is -0.541. The van der Waals surface area contributed by atoms with Gasteiger partial charge in [0.15, 0.2) is 18.1 Å². The zero-order valence-corrected chi connectivity index (χ0v) is 15.9. The molecular formula is C19H20N6O3. The van der Waals surface area contributed by atoms with Gasteiger partial charge in [-0.1, -0.05) is 25.0 Å². The zero-order valence-electron chi connectivity index (χ0n) is 15.9. The van der Waals surface area contributed by atoms with Crippen LogP contribution in [0.3, 0.4) is 0 Å². The van der Waals surface area contributed by atoms with Crippen LogP contribution in [-0.4, -0.2) is 35.3 Å². The number of esters is 1. The van der Waals surface area contributed by atoms with Crippen molar-refractivity contribution in [1.82, 2.24) is 29.4 Å². The Morgan fingerprint density at radius 1 is 1.25 bits per heavy atom. The van der Waals surface area contributed by atoms with Crippen molar-refractivity contribution in [3.63, 3.8) is 0 Å². The zero-order chi connectivity index (χ0) is 19.8. The summed E-state index contributed by atoms with van der Waals surface area (Å²) >= 11 is 0. The van der Waals surface area contributed by atoms with Gasteiger partial charge in [-0.3, -0.25) is 18.9 Å². The summed E-state index contributed by atoms with van der Waals surface area (Å²) in [5.41, 5.74) is 2.61. The van der Waals surface area contributed by atoms with Gasteiger partial charge in [-0.25, -0.2) is 4.79 Å². The average Bonchev–Trinajstić information content (AvgIpc) is 3.32. The molecule has 144 valence electrons. The summed E-state index contributed by atoms with van der Waals surface area (Å²) in [7, 11) is 1.64. The van der Waals surface area contributed by atoms with Gasteiger partial charge in [0.25, 0.3) is 5.56 Å². The lowest BCUT2D eigenvalue weighted by Gasteiger charge is -2.08. The third kappa shape index (κ3) is 2.94. The molecule has 0 amide bonds. The predicted octanol–water partition coefficient (Wildman–Crippen LogP) is 1.92. The fourth-order valence-electron chi connectivity index (χ4n) is 3.22. The number of nitrogens with zero attached hydrogens (tertiary/aromatic N) is 5. The molecule has 4 rings (SSSR count). The number of fused-ring (bicyclic) bond motifs is 3. The number of aryl methyl sites for hydroxylation is 3. The van der Waals surface area contributed by atoms with E-state index in [9.17, 15) is 9.59 Å². The van der Waals surface area contributed by atoms with Gasteiger partial charge in [0.2, 0.25) is 5.78 Å². The highest BCUT2D eigenvalue weighted by Gasteiger charge is 2.18. The van der Waals surface area contributed by atoms with E-state index >= 15 is 0 Å². The second-order valence-electron chi connectivity index (χ2n) is 6.74. The molecule has 0 bridgehead atoms. The van der Waals surface area contributed by atoms with Crippen LogP contribution in [0.5, 0.6) is 0 Å². The van der Waals surface area contributed by atoms with E-state index in [0.717, 1.165) is 24.1 Å². The van der Waals surface area contributed by atoms with Gasteiger partial charge in [-0.15, -0.1) is 10.2 Å². The Morgan fingerprint density at radius 3 is 2.86 bits per heavy atom. The highest BCUT2D eigenvalue weighted by Crippen LogP contribution is 2.16. The minimum absolute atomic E-state index is 0.0862. The molecule has 0 saturated carbocycles. The molecule has 0 atom stereocenters. The third-order valence-electron chi connectivity index (χ3n) is 4.63. The van der Waals surface area contributed by atoms with Gasteiger partial charge in [0, 0.05) is 12.7 Å². The van der Waals surface area contributed by atoms with Crippen LogP contribution in [0.15, 0.2) is 29.1 Å². The first-order valence-corrected chi connectivity index (χ1v) is 9.04. The Hall–Kier alpha value is -3.49. The molecule has 0 aliphatic heterocycles. The maximum atomic E-state index is 12.6. The molecule has 1 N–H and O–H groups in total. The van der Waals surface area contributed by atoms with Crippen LogP contribution >= 0.6 is 0 Å². The molecule has 3 aromatic heterocycles. The molecule has 0 unspecified atom stereocenters. The molecule has 0 spiro atoms. The number of rotatable bonds is 5. The second kappa shape index (κ2) is 6.91. The number of aromatic nitrogens is 6. The summed E-state index contributed by atoms with van der Waals surface area (Å²) in [5.74, 6) is 0.273. The van der Waals surface area contributed by atoms with E-state index < -0.39 is 5.97 Å². The number of hydrogen-bond acceptors (Lipinski definition) is 6. The number of ether oxygens (including phenoxy) is 1. The first-order chi connectivity index (χ1) is 13.5. The molecule has 28 heavy (non-hydrogen) atoms. The van der Waals surface area contributed by atoms with Crippen molar-refractivity contribution in [2.45, 2.75) is 33.3 Å². The summed E-state index contributed by atoms with van der Waals surface area (Å²) in [6, 6.07) is 7.27. The number of benzene rings is 1. The quantitative estimate of drug-likeness (QED) is 0.530. The number of nitrogens with one attached hydrogen (secondary N) is 1. The topological polar surface area (TPSA) is 107 Å². The monoisotopic (exact) mass is 380 g/mol. The van der Waals surface area contributed by atoms with Crippen LogP contribution in [0.25, 0.3) is 16.7 Å². The normalized spacial score (nSPS) is 11.4. The molecule has 0 fully saturated rings. The van der Waals surface area contributed by atoms with Crippen molar-refractivity contribution >= 4 is 22.6 Å². The second-order valence-corrected chi connectivity index (χ2v) is 6.74. The highest BCUT2D eigenvalue weighted by molar-refractivity contribution is 5.87. The Balaban J connectivity index is 1.68. The van der Waals surface area contributed by atoms with Crippen molar-refractivity contribution in [1.29, 1.82) is 0 Å².